The van der Waals surface area contributed by atoms with Crippen molar-refractivity contribution in [1.29, 1.82) is 0 Å². The number of carbonyl (C=O) groups excluding carboxylic acids is 2. The van der Waals surface area contributed by atoms with Gasteiger partial charge in [-0.1, -0.05) is 0 Å². The van der Waals surface area contributed by atoms with Crippen LogP contribution in [-0.2, 0) is 19.2 Å². The molecule has 0 aromatic heterocycles. The van der Waals surface area contributed by atoms with Crippen molar-refractivity contribution in [3.8, 4) is 0 Å². The lowest BCUT2D eigenvalue weighted by Crippen LogP contribution is -2.42. The SMILES string of the molecule is C[N+](C)(C)C[C@H](O)CC(=O)O.C[N+](C)(C)C[C@H](O)CC(=O)O.O=C([O-])/C=C/C(=O)[O-]. The molecule has 0 amide bonds. The number of likely N-dealkylation sites (N-methyl/N-ethyl adjacent to an activating group) is 2. The molecule has 0 radical (unpaired) electrons. The molecule has 0 aliphatic carbocycles. The molecule has 12 nitrogen and oxygen atoms in total. The van der Waals surface area contributed by atoms with Crippen LogP contribution in [-0.4, -0.2) is 121 Å². The van der Waals surface area contributed by atoms with Crippen molar-refractivity contribution < 1.29 is 58.8 Å². The number of nitrogens with zero attached hydrogens (tertiary/aromatic N) is 2. The Labute approximate surface area is 176 Å². The van der Waals surface area contributed by atoms with Gasteiger partial charge >= 0.3 is 11.9 Å². The second kappa shape index (κ2) is 15.3. The fraction of sp³-hybridized carbons (Fsp3) is 0.667. The molecule has 4 N–H and O–H groups in total. The minimum atomic E-state index is -1.55. The van der Waals surface area contributed by atoms with Gasteiger partial charge in [-0.15, -0.1) is 0 Å². The van der Waals surface area contributed by atoms with E-state index in [1.807, 2.05) is 42.3 Å². The predicted molar refractivity (Wildman–Crippen MR) is 101 cm³/mol. The maximum absolute atomic E-state index is 10.1. The van der Waals surface area contributed by atoms with E-state index < -0.39 is 36.1 Å². The van der Waals surface area contributed by atoms with E-state index in [2.05, 4.69) is 0 Å². The highest BCUT2D eigenvalue weighted by Crippen LogP contribution is 1.99. The summed E-state index contributed by atoms with van der Waals surface area (Å²) in [5, 5.41) is 53.8. The number of aliphatic hydroxyl groups excluding tert-OH is 2. The Morgan fingerprint density at radius 2 is 0.933 bits per heavy atom. The van der Waals surface area contributed by atoms with Crippen LogP contribution in [0.4, 0.5) is 0 Å². The molecular weight excluding hydrogens is 404 g/mol. The van der Waals surface area contributed by atoms with E-state index in [1.54, 1.807) is 0 Å². The van der Waals surface area contributed by atoms with Gasteiger partial charge in [0, 0.05) is 0 Å². The highest BCUT2D eigenvalue weighted by atomic mass is 16.4. The zero-order valence-electron chi connectivity index (χ0n) is 18.3. The lowest BCUT2D eigenvalue weighted by molar-refractivity contribution is -0.873. The maximum atomic E-state index is 10.1. The quantitative estimate of drug-likeness (QED) is 0.193. The van der Waals surface area contributed by atoms with Crippen LogP contribution < -0.4 is 10.2 Å². The van der Waals surface area contributed by atoms with E-state index in [1.165, 1.54) is 0 Å². The van der Waals surface area contributed by atoms with Crippen molar-refractivity contribution in [3.63, 3.8) is 0 Å². The number of aliphatic hydroxyl groups is 2. The number of quaternary nitrogens is 2. The predicted octanol–water partition coefficient (Wildman–Crippen LogP) is -3.90. The summed E-state index contributed by atoms with van der Waals surface area (Å²) < 4.78 is 1.16. The van der Waals surface area contributed by atoms with Crippen molar-refractivity contribution in [2.75, 3.05) is 55.4 Å². The van der Waals surface area contributed by atoms with Crippen LogP contribution in [0.3, 0.4) is 0 Å². The molecule has 0 aliphatic rings. The summed E-state index contributed by atoms with van der Waals surface area (Å²) in [6.45, 7) is 0.929. The first-order valence-electron chi connectivity index (χ1n) is 8.75. The van der Waals surface area contributed by atoms with E-state index in [4.69, 9.17) is 20.4 Å². The van der Waals surface area contributed by atoms with Crippen molar-refractivity contribution in [2.45, 2.75) is 25.0 Å². The highest BCUT2D eigenvalue weighted by Gasteiger charge is 2.18. The van der Waals surface area contributed by atoms with Gasteiger partial charge in [-0.25, -0.2) is 0 Å². The van der Waals surface area contributed by atoms with Crippen LogP contribution in [0.15, 0.2) is 12.2 Å². The smallest absolute Gasteiger partial charge is 0.306 e. The molecule has 0 aromatic rings. The number of hydrogen-bond donors (Lipinski definition) is 4. The molecule has 0 unspecified atom stereocenters. The Balaban J connectivity index is -0.000000370. The molecule has 0 heterocycles. The molecule has 30 heavy (non-hydrogen) atoms. The lowest BCUT2D eigenvalue weighted by atomic mass is 10.2. The van der Waals surface area contributed by atoms with E-state index >= 15 is 0 Å². The number of aliphatic carboxylic acids is 4. The van der Waals surface area contributed by atoms with Gasteiger partial charge in [0.2, 0.25) is 0 Å². The molecule has 176 valence electrons. The number of carboxylic acids is 4. The second-order valence-electron chi connectivity index (χ2n) is 8.42. The summed E-state index contributed by atoms with van der Waals surface area (Å²) in [5.74, 6) is -5.00. The minimum Gasteiger partial charge on any atom is -0.545 e. The minimum absolute atomic E-state index is 0.171. The standard InChI is InChI=1S/2C7H15NO3.C4H4O4/c2*1-8(2,3)5-6(9)4-7(10)11;5-3(6)1-2-4(7)8/h2*6,9H,4-5H2,1-3H3;1-2H,(H,5,6)(H,7,8)/b;;2-1+/t2*6-;/m11./s1. The third kappa shape index (κ3) is 36.4. The molecule has 2 atom stereocenters. The van der Waals surface area contributed by atoms with Crippen molar-refractivity contribution in [1.82, 2.24) is 0 Å². The van der Waals surface area contributed by atoms with Gasteiger partial charge in [0.1, 0.15) is 25.3 Å². The first kappa shape index (κ1) is 32.1. The second-order valence-corrected chi connectivity index (χ2v) is 8.42. The average molecular weight is 438 g/mol. The monoisotopic (exact) mass is 438 g/mol. The molecule has 0 saturated heterocycles. The first-order chi connectivity index (χ1) is 13.2. The number of carbonyl (C=O) groups is 4. The van der Waals surface area contributed by atoms with Gasteiger partial charge in [0.15, 0.2) is 0 Å². The summed E-state index contributed by atoms with van der Waals surface area (Å²) in [6, 6.07) is 0. The molecule has 12 heteroatoms. The van der Waals surface area contributed by atoms with Crippen LogP contribution in [0.2, 0.25) is 0 Å². The molecule has 0 aromatic carbocycles. The van der Waals surface area contributed by atoms with Crippen molar-refractivity contribution in [3.05, 3.63) is 12.2 Å². The van der Waals surface area contributed by atoms with Gasteiger partial charge in [0.05, 0.1) is 67.1 Å². The molecule has 0 saturated carbocycles. The lowest BCUT2D eigenvalue weighted by Gasteiger charge is -2.25. The Hall–Kier alpha value is -2.54. The third-order valence-corrected chi connectivity index (χ3v) is 2.69. The summed E-state index contributed by atoms with van der Waals surface area (Å²) in [5.41, 5.74) is 0. The zero-order chi connectivity index (χ0) is 24.7. The molecule has 0 rings (SSSR count). The summed E-state index contributed by atoms with van der Waals surface area (Å²) in [7, 11) is 11.4. The molecular formula is C18H34N2O10. The Kier molecular flexibility index (Phi) is 16.4. The van der Waals surface area contributed by atoms with E-state index in [9.17, 15) is 29.4 Å². The largest absolute Gasteiger partial charge is 0.545 e. The fourth-order valence-corrected chi connectivity index (χ4v) is 1.93. The summed E-state index contributed by atoms with van der Waals surface area (Å²) in [4.78, 5) is 39.1. The number of carboxylic acid groups (broad SMARTS) is 4. The fourth-order valence-electron chi connectivity index (χ4n) is 1.93. The Morgan fingerprint density at radius 1 is 0.700 bits per heavy atom. The molecule has 0 spiro atoms. The van der Waals surface area contributed by atoms with Gasteiger partial charge in [0.25, 0.3) is 0 Å². The highest BCUT2D eigenvalue weighted by molar-refractivity contribution is 5.87. The van der Waals surface area contributed by atoms with Gasteiger partial charge in [-0.05, 0) is 12.2 Å². The van der Waals surface area contributed by atoms with Crippen LogP contribution in [0.25, 0.3) is 0 Å². The molecule has 0 aliphatic heterocycles. The van der Waals surface area contributed by atoms with Crippen LogP contribution in [0, 0.1) is 0 Å². The molecule has 0 bridgehead atoms. The van der Waals surface area contributed by atoms with Crippen molar-refractivity contribution in [2.24, 2.45) is 0 Å². The van der Waals surface area contributed by atoms with Crippen LogP contribution in [0.1, 0.15) is 12.8 Å². The zero-order valence-corrected chi connectivity index (χ0v) is 18.3. The van der Waals surface area contributed by atoms with E-state index in [0.29, 0.717) is 34.2 Å². The normalized spacial score (nSPS) is 13.2. The van der Waals surface area contributed by atoms with Gasteiger partial charge in [-0.3, -0.25) is 9.59 Å². The number of rotatable bonds is 10. The molecule has 0 fully saturated rings. The number of hydrogen-bond acceptors (Lipinski definition) is 8. The first-order valence-corrected chi connectivity index (χ1v) is 8.75. The average Bonchev–Trinajstić information content (AvgIpc) is 2.40. The van der Waals surface area contributed by atoms with Gasteiger partial charge in [-0.2, -0.15) is 0 Å². The topological polar surface area (TPSA) is 195 Å². The van der Waals surface area contributed by atoms with Gasteiger partial charge < -0.3 is 49.2 Å². The van der Waals surface area contributed by atoms with E-state index in [0.717, 1.165) is 0 Å². The summed E-state index contributed by atoms with van der Waals surface area (Å²) in [6.07, 6.45) is -1.06. The Bertz CT molecular complexity index is 526. The van der Waals surface area contributed by atoms with Crippen LogP contribution >= 0.6 is 0 Å². The van der Waals surface area contributed by atoms with E-state index in [-0.39, 0.29) is 12.8 Å². The maximum Gasteiger partial charge on any atom is 0.306 e. The van der Waals surface area contributed by atoms with Crippen LogP contribution in [0.5, 0.6) is 0 Å². The van der Waals surface area contributed by atoms with Crippen molar-refractivity contribution >= 4 is 23.9 Å². The Morgan fingerprint density at radius 3 is 1.07 bits per heavy atom. The summed E-state index contributed by atoms with van der Waals surface area (Å²) >= 11 is 0. The third-order valence-electron chi connectivity index (χ3n) is 2.69.